The first kappa shape index (κ1) is 14.6. The number of rotatable bonds is 5. The maximum Gasteiger partial charge on any atom is 0.263 e. The summed E-state index contributed by atoms with van der Waals surface area (Å²) in [4.78, 5) is 19.6. The first-order chi connectivity index (χ1) is 10.3. The molecule has 5 nitrogen and oxygen atoms in total. The van der Waals surface area contributed by atoms with Gasteiger partial charge in [0.1, 0.15) is 4.83 Å². The molecule has 0 amide bonds. The molecule has 0 saturated heterocycles. The van der Waals surface area contributed by atoms with Crippen LogP contribution < -0.4 is 5.56 Å². The van der Waals surface area contributed by atoms with Crippen LogP contribution in [0.4, 0.5) is 0 Å². The maximum atomic E-state index is 12.8. The van der Waals surface area contributed by atoms with Crippen LogP contribution in [0.15, 0.2) is 9.95 Å². The van der Waals surface area contributed by atoms with Crippen LogP contribution >= 0.6 is 23.1 Å². The number of hydrogen-bond donors (Lipinski definition) is 0. The van der Waals surface area contributed by atoms with E-state index in [4.69, 9.17) is 10.00 Å². The van der Waals surface area contributed by atoms with Gasteiger partial charge in [0.15, 0.2) is 5.16 Å². The number of nitrogens with zero attached hydrogens (tertiary/aromatic N) is 3. The molecule has 0 aliphatic heterocycles. The lowest BCUT2D eigenvalue weighted by Crippen LogP contribution is -2.25. The molecule has 21 heavy (non-hydrogen) atoms. The minimum Gasteiger partial charge on any atom is -0.383 e. The predicted octanol–water partition coefficient (Wildman–Crippen LogP) is 2.21. The third kappa shape index (κ3) is 2.59. The second-order valence-electron chi connectivity index (χ2n) is 4.83. The third-order valence-electron chi connectivity index (χ3n) is 3.57. The molecule has 110 valence electrons. The highest BCUT2D eigenvalue weighted by molar-refractivity contribution is 7.99. The lowest BCUT2D eigenvalue weighted by Gasteiger charge is -2.10. The van der Waals surface area contributed by atoms with E-state index in [1.807, 2.05) is 0 Å². The van der Waals surface area contributed by atoms with Gasteiger partial charge in [-0.3, -0.25) is 9.36 Å². The lowest BCUT2D eigenvalue weighted by molar-refractivity contribution is 0.183. The number of aryl methyl sites for hydroxylation is 2. The molecule has 7 heteroatoms. The average molecular weight is 321 g/mol. The van der Waals surface area contributed by atoms with Gasteiger partial charge >= 0.3 is 0 Å². The number of aromatic nitrogens is 2. The zero-order valence-electron chi connectivity index (χ0n) is 11.7. The van der Waals surface area contributed by atoms with Crippen molar-refractivity contribution < 1.29 is 4.74 Å². The zero-order valence-corrected chi connectivity index (χ0v) is 13.4. The van der Waals surface area contributed by atoms with Gasteiger partial charge in [-0.1, -0.05) is 11.8 Å². The molecule has 2 aromatic heterocycles. The average Bonchev–Trinajstić information content (AvgIpc) is 3.04. The van der Waals surface area contributed by atoms with Gasteiger partial charge in [0.2, 0.25) is 0 Å². The Balaban J connectivity index is 2.16. The highest BCUT2D eigenvalue weighted by Gasteiger charge is 2.23. The Labute approximate surface area is 130 Å². The molecular formula is C14H15N3O2S2. The first-order valence-corrected chi connectivity index (χ1v) is 8.60. The van der Waals surface area contributed by atoms with Crippen LogP contribution in [0.2, 0.25) is 0 Å². The van der Waals surface area contributed by atoms with Crippen molar-refractivity contribution in [1.29, 1.82) is 5.26 Å². The number of thioether (sulfide) groups is 1. The van der Waals surface area contributed by atoms with Crippen molar-refractivity contribution in [3.63, 3.8) is 0 Å². The number of methoxy groups -OCH3 is 1. The molecule has 3 rings (SSSR count). The molecular weight excluding hydrogens is 306 g/mol. The van der Waals surface area contributed by atoms with Crippen LogP contribution in [0.5, 0.6) is 0 Å². The molecule has 2 aromatic rings. The zero-order chi connectivity index (χ0) is 14.8. The standard InChI is InChI=1S/C14H15N3O2S2/c1-19-7-6-17-13(18)11-9-3-2-4-10(9)21-12(11)16-14(17)20-8-5-15/h2-4,6-8H2,1H3. The Bertz CT molecular complexity index is 773. The molecule has 0 N–H and O–H groups in total. The summed E-state index contributed by atoms with van der Waals surface area (Å²) in [6, 6.07) is 2.09. The third-order valence-corrected chi connectivity index (χ3v) is 5.60. The van der Waals surface area contributed by atoms with E-state index >= 15 is 0 Å². The molecule has 2 heterocycles. The van der Waals surface area contributed by atoms with Crippen molar-refractivity contribution in [3.05, 3.63) is 20.8 Å². The molecule has 0 saturated carbocycles. The van der Waals surface area contributed by atoms with Gasteiger partial charge in [-0.25, -0.2) is 4.98 Å². The minimum atomic E-state index is 0.0110. The second-order valence-corrected chi connectivity index (χ2v) is 6.85. The summed E-state index contributed by atoms with van der Waals surface area (Å²) < 4.78 is 6.74. The van der Waals surface area contributed by atoms with E-state index < -0.39 is 0 Å². The number of fused-ring (bicyclic) bond motifs is 3. The van der Waals surface area contributed by atoms with Gasteiger partial charge in [0, 0.05) is 12.0 Å². The van der Waals surface area contributed by atoms with E-state index in [1.54, 1.807) is 23.0 Å². The van der Waals surface area contributed by atoms with Crippen LogP contribution in [0.1, 0.15) is 16.9 Å². The number of nitriles is 1. The molecule has 0 atom stereocenters. The van der Waals surface area contributed by atoms with E-state index in [-0.39, 0.29) is 11.3 Å². The smallest absolute Gasteiger partial charge is 0.263 e. The highest BCUT2D eigenvalue weighted by atomic mass is 32.2. The first-order valence-electron chi connectivity index (χ1n) is 6.80. The van der Waals surface area contributed by atoms with Crippen molar-refractivity contribution in [2.75, 3.05) is 19.5 Å². The monoisotopic (exact) mass is 321 g/mol. The summed E-state index contributed by atoms with van der Waals surface area (Å²) in [7, 11) is 1.61. The van der Waals surface area contributed by atoms with Crippen molar-refractivity contribution in [3.8, 4) is 6.07 Å². The van der Waals surface area contributed by atoms with Crippen LogP contribution in [0, 0.1) is 11.3 Å². The SMILES string of the molecule is COCCn1c(SCC#N)nc2sc3c(c2c1=O)CCC3. The fraction of sp³-hybridized carbons (Fsp3) is 0.500. The van der Waals surface area contributed by atoms with Gasteiger partial charge in [-0.2, -0.15) is 5.26 Å². The molecule has 0 bridgehead atoms. The van der Waals surface area contributed by atoms with Crippen LogP contribution in [0.25, 0.3) is 10.2 Å². The molecule has 0 unspecified atom stereocenters. The number of ether oxygens (including phenoxy) is 1. The van der Waals surface area contributed by atoms with Crippen molar-refractivity contribution in [2.24, 2.45) is 0 Å². The summed E-state index contributed by atoms with van der Waals surface area (Å²) >= 11 is 2.94. The molecule has 1 aliphatic carbocycles. The van der Waals surface area contributed by atoms with Gasteiger partial charge in [-0.05, 0) is 24.8 Å². The van der Waals surface area contributed by atoms with Crippen molar-refractivity contribution in [2.45, 2.75) is 31.0 Å². The van der Waals surface area contributed by atoms with Crippen LogP contribution in [-0.4, -0.2) is 29.0 Å². The Morgan fingerprint density at radius 3 is 3.14 bits per heavy atom. The van der Waals surface area contributed by atoms with Gasteiger partial charge in [-0.15, -0.1) is 11.3 Å². The van der Waals surface area contributed by atoms with Crippen molar-refractivity contribution >= 4 is 33.3 Å². The molecule has 0 aromatic carbocycles. The van der Waals surface area contributed by atoms with Gasteiger partial charge in [0.05, 0.1) is 30.4 Å². The fourth-order valence-corrected chi connectivity index (χ4v) is 4.63. The molecule has 1 aliphatic rings. The predicted molar refractivity (Wildman–Crippen MR) is 84.1 cm³/mol. The number of hydrogen-bond acceptors (Lipinski definition) is 6. The van der Waals surface area contributed by atoms with Crippen molar-refractivity contribution in [1.82, 2.24) is 9.55 Å². The van der Waals surface area contributed by atoms with Gasteiger partial charge < -0.3 is 4.74 Å². The topological polar surface area (TPSA) is 67.9 Å². The minimum absolute atomic E-state index is 0.0110. The Morgan fingerprint density at radius 1 is 1.52 bits per heavy atom. The molecule has 0 fully saturated rings. The summed E-state index contributed by atoms with van der Waals surface area (Å²) in [6.07, 6.45) is 3.15. The van der Waals surface area contributed by atoms with E-state index in [0.717, 1.165) is 29.5 Å². The normalized spacial score (nSPS) is 13.5. The summed E-state index contributed by atoms with van der Waals surface area (Å²) in [5.74, 6) is 0.288. The maximum absolute atomic E-state index is 12.8. The molecule has 0 radical (unpaired) electrons. The largest absolute Gasteiger partial charge is 0.383 e. The fourth-order valence-electron chi connectivity index (χ4n) is 2.64. The summed E-state index contributed by atoms with van der Waals surface area (Å²) in [5, 5.41) is 10.2. The Kier molecular flexibility index (Phi) is 4.29. The summed E-state index contributed by atoms with van der Waals surface area (Å²) in [5.41, 5.74) is 1.20. The Hall–Kier alpha value is -1.36. The van der Waals surface area contributed by atoms with Crippen LogP contribution in [0.3, 0.4) is 0 Å². The van der Waals surface area contributed by atoms with E-state index in [1.165, 1.54) is 22.2 Å². The van der Waals surface area contributed by atoms with Gasteiger partial charge in [0.25, 0.3) is 5.56 Å². The highest BCUT2D eigenvalue weighted by Crippen LogP contribution is 2.35. The van der Waals surface area contributed by atoms with E-state index in [2.05, 4.69) is 11.1 Å². The van der Waals surface area contributed by atoms with Crippen LogP contribution in [-0.2, 0) is 24.1 Å². The number of thiophene rings is 1. The second kappa shape index (κ2) is 6.18. The lowest BCUT2D eigenvalue weighted by atomic mass is 10.2. The quantitative estimate of drug-likeness (QED) is 0.624. The van der Waals surface area contributed by atoms with E-state index in [0.29, 0.717) is 18.3 Å². The van der Waals surface area contributed by atoms with E-state index in [9.17, 15) is 4.79 Å². The molecule has 0 spiro atoms. The Morgan fingerprint density at radius 2 is 2.38 bits per heavy atom. The summed E-state index contributed by atoms with van der Waals surface area (Å²) in [6.45, 7) is 0.927.